The van der Waals surface area contributed by atoms with Crippen molar-refractivity contribution in [1.82, 2.24) is 9.80 Å². The van der Waals surface area contributed by atoms with Crippen molar-refractivity contribution >= 4 is 15.9 Å². The number of benzene rings is 1. The first kappa shape index (κ1) is 14.2. The lowest BCUT2D eigenvalue weighted by atomic mass is 9.93. The number of fused-ring (bicyclic) bond motifs is 2. The Morgan fingerprint density at radius 3 is 2.48 bits per heavy atom. The fraction of sp³-hybridized carbons (Fsp3) is 0.667. The summed E-state index contributed by atoms with van der Waals surface area (Å²) in [4.78, 5) is 5.42. The maximum atomic E-state index is 3.67. The van der Waals surface area contributed by atoms with E-state index in [0.717, 1.165) is 24.4 Å². The molecule has 114 valence electrons. The highest BCUT2D eigenvalue weighted by molar-refractivity contribution is 9.10. The topological polar surface area (TPSA) is 6.48 Å². The monoisotopic (exact) mass is 348 g/mol. The molecule has 0 aromatic heterocycles. The molecule has 3 atom stereocenters. The molecule has 1 aliphatic heterocycles. The number of rotatable bonds is 3. The van der Waals surface area contributed by atoms with E-state index in [1.165, 1.54) is 61.9 Å². The predicted octanol–water partition coefficient (Wildman–Crippen LogP) is 3.76. The normalized spacial score (nSPS) is 33.7. The Kier molecular flexibility index (Phi) is 4.08. The van der Waals surface area contributed by atoms with Crippen molar-refractivity contribution in [3.63, 3.8) is 0 Å². The van der Waals surface area contributed by atoms with Crippen LogP contribution in [0, 0.1) is 11.8 Å². The number of halogens is 1. The lowest BCUT2D eigenvalue weighted by Gasteiger charge is -2.41. The molecule has 2 saturated carbocycles. The summed E-state index contributed by atoms with van der Waals surface area (Å²) in [5.74, 6) is 2.10. The Labute approximate surface area is 136 Å². The average Bonchev–Trinajstić information content (AvgIpc) is 3.13. The molecule has 0 spiro atoms. The third-order valence-corrected chi connectivity index (χ3v) is 6.70. The van der Waals surface area contributed by atoms with Crippen LogP contribution in [0.3, 0.4) is 0 Å². The van der Waals surface area contributed by atoms with Crippen LogP contribution in [0.1, 0.15) is 31.2 Å². The molecule has 3 aliphatic rings. The molecule has 0 unspecified atom stereocenters. The van der Waals surface area contributed by atoms with Crippen LogP contribution < -0.4 is 0 Å². The number of piperazine rings is 1. The fourth-order valence-electron chi connectivity index (χ4n) is 4.78. The van der Waals surface area contributed by atoms with Crippen LogP contribution in [0.25, 0.3) is 0 Å². The SMILES string of the molecule is Brc1ccccc1CN1CCN([C@@H]2C[C@@H]3CC[C@H]2C3)CC1. The summed E-state index contributed by atoms with van der Waals surface area (Å²) < 4.78 is 1.25. The predicted molar refractivity (Wildman–Crippen MR) is 90.2 cm³/mol. The van der Waals surface area contributed by atoms with Crippen LogP contribution in [0.15, 0.2) is 28.7 Å². The molecular weight excluding hydrogens is 324 g/mol. The van der Waals surface area contributed by atoms with Gasteiger partial charge >= 0.3 is 0 Å². The van der Waals surface area contributed by atoms with Gasteiger partial charge in [0.1, 0.15) is 0 Å². The summed E-state index contributed by atoms with van der Waals surface area (Å²) in [6, 6.07) is 9.56. The maximum absolute atomic E-state index is 3.67. The van der Waals surface area contributed by atoms with Crippen LogP contribution in [-0.4, -0.2) is 42.0 Å². The van der Waals surface area contributed by atoms with Gasteiger partial charge < -0.3 is 0 Å². The molecule has 1 saturated heterocycles. The highest BCUT2D eigenvalue weighted by Crippen LogP contribution is 2.46. The molecule has 4 rings (SSSR count). The largest absolute Gasteiger partial charge is 0.298 e. The zero-order valence-corrected chi connectivity index (χ0v) is 14.3. The van der Waals surface area contributed by atoms with Gasteiger partial charge in [-0.3, -0.25) is 9.80 Å². The minimum atomic E-state index is 0.925. The second kappa shape index (κ2) is 6.02. The second-order valence-corrected chi connectivity index (χ2v) is 8.00. The molecule has 2 nitrogen and oxygen atoms in total. The molecule has 0 amide bonds. The van der Waals surface area contributed by atoms with Gasteiger partial charge in [0.25, 0.3) is 0 Å². The van der Waals surface area contributed by atoms with Crippen molar-refractivity contribution in [2.24, 2.45) is 11.8 Å². The number of hydrogen-bond donors (Lipinski definition) is 0. The first-order valence-corrected chi connectivity index (χ1v) is 9.29. The van der Waals surface area contributed by atoms with Crippen LogP contribution in [0.2, 0.25) is 0 Å². The Bertz CT molecular complexity index is 496. The van der Waals surface area contributed by atoms with Crippen LogP contribution >= 0.6 is 15.9 Å². The summed E-state index contributed by atoms with van der Waals surface area (Å²) in [6.45, 7) is 6.10. The molecule has 3 fully saturated rings. The van der Waals surface area contributed by atoms with E-state index in [2.05, 4.69) is 50.0 Å². The van der Waals surface area contributed by atoms with Crippen molar-refractivity contribution in [2.75, 3.05) is 26.2 Å². The van der Waals surface area contributed by atoms with E-state index < -0.39 is 0 Å². The molecule has 0 N–H and O–H groups in total. The van der Waals surface area contributed by atoms with E-state index in [9.17, 15) is 0 Å². The molecule has 1 heterocycles. The number of nitrogens with zero attached hydrogens (tertiary/aromatic N) is 2. The summed E-state index contributed by atoms with van der Waals surface area (Å²) in [6.07, 6.45) is 6.05. The number of hydrogen-bond acceptors (Lipinski definition) is 2. The van der Waals surface area contributed by atoms with E-state index in [1.807, 2.05) is 0 Å². The highest BCUT2D eigenvalue weighted by Gasteiger charge is 2.42. The summed E-state index contributed by atoms with van der Waals surface area (Å²) >= 11 is 3.67. The van der Waals surface area contributed by atoms with Gasteiger partial charge in [-0.2, -0.15) is 0 Å². The zero-order chi connectivity index (χ0) is 14.2. The minimum absolute atomic E-state index is 0.925. The van der Waals surface area contributed by atoms with Crippen molar-refractivity contribution < 1.29 is 0 Å². The molecule has 2 bridgehead atoms. The molecule has 1 aromatic rings. The third-order valence-electron chi connectivity index (χ3n) is 5.93. The van der Waals surface area contributed by atoms with E-state index in [-0.39, 0.29) is 0 Å². The van der Waals surface area contributed by atoms with Crippen molar-refractivity contribution in [3.05, 3.63) is 34.3 Å². The van der Waals surface area contributed by atoms with Gasteiger partial charge in [-0.1, -0.05) is 40.5 Å². The quantitative estimate of drug-likeness (QED) is 0.820. The smallest absolute Gasteiger partial charge is 0.0246 e. The first-order chi connectivity index (χ1) is 10.3. The maximum Gasteiger partial charge on any atom is 0.0246 e. The summed E-state index contributed by atoms with van der Waals surface area (Å²) in [7, 11) is 0. The van der Waals surface area contributed by atoms with E-state index in [0.29, 0.717) is 0 Å². The molecular formula is C18H25BrN2. The lowest BCUT2D eigenvalue weighted by molar-refractivity contribution is 0.0679. The summed E-state index contributed by atoms with van der Waals surface area (Å²) in [5.41, 5.74) is 1.42. The average molecular weight is 349 g/mol. The van der Waals surface area contributed by atoms with Gasteiger partial charge in [0.05, 0.1) is 0 Å². The standard InChI is InChI=1S/C18H25BrN2/c19-17-4-2-1-3-16(17)13-20-7-9-21(10-8-20)18-12-14-5-6-15(18)11-14/h1-4,14-15,18H,5-13H2/t14-,15+,18-/m1/s1. The Hall–Kier alpha value is -0.380. The van der Waals surface area contributed by atoms with Crippen LogP contribution in [0.4, 0.5) is 0 Å². The molecule has 1 aromatic carbocycles. The van der Waals surface area contributed by atoms with Crippen molar-refractivity contribution in [1.29, 1.82) is 0 Å². The van der Waals surface area contributed by atoms with Crippen molar-refractivity contribution in [2.45, 2.75) is 38.3 Å². The minimum Gasteiger partial charge on any atom is -0.298 e. The fourth-order valence-corrected chi connectivity index (χ4v) is 5.19. The van der Waals surface area contributed by atoms with E-state index in [4.69, 9.17) is 0 Å². The van der Waals surface area contributed by atoms with Gasteiger partial charge in [-0.25, -0.2) is 0 Å². The Morgan fingerprint density at radius 2 is 1.81 bits per heavy atom. The van der Waals surface area contributed by atoms with Gasteiger partial charge in [0.2, 0.25) is 0 Å². The highest BCUT2D eigenvalue weighted by atomic mass is 79.9. The Morgan fingerprint density at radius 1 is 1.00 bits per heavy atom. The van der Waals surface area contributed by atoms with Crippen LogP contribution in [-0.2, 0) is 6.54 Å². The molecule has 0 radical (unpaired) electrons. The van der Waals surface area contributed by atoms with Crippen LogP contribution in [0.5, 0.6) is 0 Å². The van der Waals surface area contributed by atoms with Gasteiger partial charge in [0, 0.05) is 43.2 Å². The van der Waals surface area contributed by atoms with E-state index >= 15 is 0 Å². The zero-order valence-electron chi connectivity index (χ0n) is 12.7. The van der Waals surface area contributed by atoms with Gasteiger partial charge in [0.15, 0.2) is 0 Å². The summed E-state index contributed by atoms with van der Waals surface area (Å²) in [5, 5.41) is 0. The van der Waals surface area contributed by atoms with Gasteiger partial charge in [-0.15, -0.1) is 0 Å². The molecule has 3 heteroatoms. The third kappa shape index (κ3) is 2.93. The van der Waals surface area contributed by atoms with Gasteiger partial charge in [-0.05, 0) is 42.7 Å². The molecule has 21 heavy (non-hydrogen) atoms. The first-order valence-electron chi connectivity index (χ1n) is 8.49. The van der Waals surface area contributed by atoms with Crippen molar-refractivity contribution in [3.8, 4) is 0 Å². The van der Waals surface area contributed by atoms with E-state index in [1.54, 1.807) is 0 Å². The Balaban J connectivity index is 1.32. The molecule has 2 aliphatic carbocycles. The lowest BCUT2D eigenvalue weighted by Crippen LogP contribution is -2.51. The second-order valence-electron chi connectivity index (χ2n) is 7.15.